The molecule has 0 aromatic rings. The summed E-state index contributed by atoms with van der Waals surface area (Å²) in [6, 6.07) is 0. The summed E-state index contributed by atoms with van der Waals surface area (Å²) in [6.07, 6.45) is -5.43. The van der Waals surface area contributed by atoms with Crippen LogP contribution in [-0.2, 0) is 0 Å². The van der Waals surface area contributed by atoms with Crippen LogP contribution >= 0.6 is 0 Å². The van der Waals surface area contributed by atoms with E-state index in [0.29, 0.717) is 0 Å². The summed E-state index contributed by atoms with van der Waals surface area (Å²) in [5, 5.41) is 0. The van der Waals surface area contributed by atoms with Crippen molar-refractivity contribution in [1.82, 2.24) is 0 Å². The Bertz CT molecular complexity index is 299. The first kappa shape index (κ1) is 14.3. The summed E-state index contributed by atoms with van der Waals surface area (Å²) in [5.41, 5.74) is 0. The van der Waals surface area contributed by atoms with Crippen molar-refractivity contribution in [3.8, 4) is 0 Å². The van der Waals surface area contributed by atoms with Crippen molar-refractivity contribution >= 4 is 0 Å². The quantitative estimate of drug-likeness (QED) is 0.596. The first-order valence-corrected chi connectivity index (χ1v) is 3.69. The molecule has 0 unspecified atom stereocenters. The Morgan fingerprint density at radius 2 is 0.706 bits per heavy atom. The molecule has 1 aliphatic carbocycles. The van der Waals surface area contributed by atoms with E-state index in [2.05, 4.69) is 0 Å². The number of halogens is 11. The van der Waals surface area contributed by atoms with E-state index < -0.39 is 35.8 Å². The minimum Gasteiger partial charge on any atom is -0.234 e. The second-order valence-corrected chi connectivity index (χ2v) is 3.33. The highest BCUT2D eigenvalue weighted by atomic mass is 19.4. The third kappa shape index (κ3) is 1.20. The van der Waals surface area contributed by atoms with E-state index in [0.717, 1.165) is 0 Å². The van der Waals surface area contributed by atoms with E-state index in [4.69, 9.17) is 0 Å². The normalized spacial score (nSPS) is 33.4. The van der Waals surface area contributed by atoms with Gasteiger partial charge in [0.15, 0.2) is 0 Å². The predicted molar refractivity (Wildman–Crippen MR) is 29.6 cm³/mol. The molecule has 17 heavy (non-hydrogen) atoms. The van der Waals surface area contributed by atoms with Crippen LogP contribution in [0.2, 0.25) is 0 Å². The Balaban J connectivity index is 3.56. The highest BCUT2D eigenvalue weighted by Crippen LogP contribution is 2.65. The Kier molecular flexibility index (Phi) is 2.50. The lowest BCUT2D eigenvalue weighted by molar-refractivity contribution is -0.461. The van der Waals surface area contributed by atoms with Crippen LogP contribution in [0.5, 0.6) is 0 Å². The molecule has 0 nitrogen and oxygen atoms in total. The summed E-state index contributed by atoms with van der Waals surface area (Å²) >= 11 is 0. The van der Waals surface area contributed by atoms with Crippen molar-refractivity contribution in [1.29, 1.82) is 0 Å². The molecule has 0 amide bonds. The Hall–Kier alpha value is -0.770. The van der Waals surface area contributed by atoms with Crippen LogP contribution in [-0.4, -0.2) is 35.8 Å². The van der Waals surface area contributed by atoms with E-state index >= 15 is 0 Å². The molecule has 0 saturated heterocycles. The van der Waals surface area contributed by atoms with Crippen molar-refractivity contribution in [2.45, 2.75) is 35.8 Å². The van der Waals surface area contributed by atoms with Crippen molar-refractivity contribution in [2.75, 3.05) is 0 Å². The average molecular weight is 282 g/mol. The van der Waals surface area contributed by atoms with Gasteiger partial charge >= 0.3 is 29.6 Å². The van der Waals surface area contributed by atoms with E-state index in [9.17, 15) is 48.3 Å². The maximum absolute atomic E-state index is 12.3. The van der Waals surface area contributed by atoms with E-state index in [1.54, 1.807) is 0 Å². The summed E-state index contributed by atoms with van der Waals surface area (Å²) < 4.78 is 135. The Labute approximate surface area is 85.4 Å². The van der Waals surface area contributed by atoms with Gasteiger partial charge in [-0.1, -0.05) is 0 Å². The van der Waals surface area contributed by atoms with Gasteiger partial charge in [-0.25, -0.2) is 4.39 Å². The molecule has 0 spiro atoms. The molecule has 0 bridgehead atoms. The molecule has 1 saturated carbocycles. The zero-order valence-corrected chi connectivity index (χ0v) is 7.23. The highest BCUT2D eigenvalue weighted by molar-refractivity contribution is 5.19. The third-order valence-electron chi connectivity index (χ3n) is 2.26. The van der Waals surface area contributed by atoms with Gasteiger partial charge in [0.2, 0.25) is 6.17 Å². The van der Waals surface area contributed by atoms with Gasteiger partial charge in [-0.05, 0) is 0 Å². The van der Waals surface area contributed by atoms with Gasteiger partial charge in [0.1, 0.15) is 0 Å². The lowest BCUT2D eigenvalue weighted by atomic mass is 9.81. The van der Waals surface area contributed by atoms with Crippen LogP contribution in [0.25, 0.3) is 0 Å². The van der Waals surface area contributed by atoms with Gasteiger partial charge in [0.25, 0.3) is 0 Å². The average Bonchev–Trinajstić information content (AvgIpc) is 2.13. The topological polar surface area (TPSA) is 0 Å². The van der Waals surface area contributed by atoms with Gasteiger partial charge in [0, 0.05) is 0 Å². The van der Waals surface area contributed by atoms with Crippen molar-refractivity contribution in [3.05, 3.63) is 0 Å². The Morgan fingerprint density at radius 1 is 0.471 bits per heavy atom. The molecule has 0 heterocycles. The lowest BCUT2D eigenvalue weighted by Gasteiger charge is -2.46. The van der Waals surface area contributed by atoms with Gasteiger partial charge in [-0.3, -0.25) is 0 Å². The fourth-order valence-electron chi connectivity index (χ4n) is 1.16. The standard InChI is InChI=1S/C6HF11/c7-1-2(8,9)4(12,13)6(16,17)5(14,15)3(1,10)11/h1H. The second kappa shape index (κ2) is 2.97. The van der Waals surface area contributed by atoms with Gasteiger partial charge in [-0.15, -0.1) is 0 Å². The third-order valence-corrected chi connectivity index (χ3v) is 2.26. The van der Waals surface area contributed by atoms with E-state index in [1.807, 2.05) is 0 Å². The smallest absolute Gasteiger partial charge is 0.234 e. The first-order chi connectivity index (χ1) is 7.15. The highest BCUT2D eigenvalue weighted by Gasteiger charge is 2.96. The number of hydrogen-bond donors (Lipinski definition) is 0. The number of hydrogen-bond acceptors (Lipinski definition) is 0. The lowest BCUT2D eigenvalue weighted by Crippen LogP contribution is -2.78. The first-order valence-electron chi connectivity index (χ1n) is 3.69. The zero-order chi connectivity index (χ0) is 14.1. The van der Waals surface area contributed by atoms with Crippen LogP contribution in [0.15, 0.2) is 0 Å². The summed E-state index contributed by atoms with van der Waals surface area (Å²) in [6.45, 7) is 0. The summed E-state index contributed by atoms with van der Waals surface area (Å²) in [7, 11) is 0. The fourth-order valence-corrected chi connectivity index (χ4v) is 1.16. The summed E-state index contributed by atoms with van der Waals surface area (Å²) in [5.74, 6) is -34.2. The fraction of sp³-hybridized carbons (Fsp3) is 1.00. The maximum atomic E-state index is 12.3. The Morgan fingerprint density at radius 3 is 0.941 bits per heavy atom. The minimum atomic E-state index is -7.09. The molecule has 0 aromatic carbocycles. The molecule has 0 aliphatic heterocycles. The molecule has 1 fully saturated rings. The van der Waals surface area contributed by atoms with Crippen LogP contribution in [0, 0.1) is 0 Å². The molecule has 1 aliphatic rings. The van der Waals surface area contributed by atoms with Crippen LogP contribution in [0.3, 0.4) is 0 Å². The van der Waals surface area contributed by atoms with Gasteiger partial charge in [-0.2, -0.15) is 43.9 Å². The number of rotatable bonds is 0. The molecule has 0 aromatic heterocycles. The van der Waals surface area contributed by atoms with Crippen LogP contribution in [0.4, 0.5) is 48.3 Å². The zero-order valence-electron chi connectivity index (χ0n) is 7.23. The van der Waals surface area contributed by atoms with E-state index in [1.165, 1.54) is 0 Å². The summed E-state index contributed by atoms with van der Waals surface area (Å²) in [4.78, 5) is 0. The van der Waals surface area contributed by atoms with Crippen LogP contribution < -0.4 is 0 Å². The monoisotopic (exact) mass is 282 g/mol. The van der Waals surface area contributed by atoms with E-state index in [-0.39, 0.29) is 0 Å². The van der Waals surface area contributed by atoms with Crippen LogP contribution in [0.1, 0.15) is 0 Å². The largest absolute Gasteiger partial charge is 0.384 e. The molecule has 0 radical (unpaired) electrons. The molecule has 11 heteroatoms. The molecule has 0 N–H and O–H groups in total. The second-order valence-electron chi connectivity index (χ2n) is 3.33. The van der Waals surface area contributed by atoms with Crippen molar-refractivity contribution in [3.63, 3.8) is 0 Å². The molecule has 1 rings (SSSR count). The molecule has 102 valence electrons. The maximum Gasteiger partial charge on any atom is 0.384 e. The molecule has 0 atom stereocenters. The minimum absolute atomic E-state index is 5.43. The van der Waals surface area contributed by atoms with Gasteiger partial charge in [0.05, 0.1) is 0 Å². The molecular formula is C6HF11. The SMILES string of the molecule is FC1C(F)(F)C(F)(F)C(F)(F)C(F)(F)C1(F)F. The van der Waals surface area contributed by atoms with Gasteiger partial charge < -0.3 is 0 Å². The molecular weight excluding hydrogens is 281 g/mol. The van der Waals surface area contributed by atoms with Crippen molar-refractivity contribution < 1.29 is 48.3 Å². The number of alkyl halides is 11. The van der Waals surface area contributed by atoms with Crippen molar-refractivity contribution in [2.24, 2.45) is 0 Å². The predicted octanol–water partition coefficient (Wildman–Crippen LogP) is 3.51.